The first kappa shape index (κ1) is 54.0. The molecule has 0 spiro atoms. The van der Waals surface area contributed by atoms with Crippen LogP contribution in [0.2, 0.25) is 0 Å². The van der Waals surface area contributed by atoms with E-state index in [1.807, 2.05) is 32.9 Å². The number of anilines is 1. The molecule has 16 heteroatoms. The van der Waals surface area contributed by atoms with Gasteiger partial charge in [-0.2, -0.15) is 0 Å². The third kappa shape index (κ3) is 13.7. The van der Waals surface area contributed by atoms with Crippen molar-refractivity contribution in [3.05, 3.63) is 53.4 Å². The molecule has 0 aromatic heterocycles. The Balaban J connectivity index is 1.43. The molecule has 1 saturated carbocycles. The highest BCUT2D eigenvalue weighted by Crippen LogP contribution is 2.39. The molecule has 67 heavy (non-hydrogen) atoms. The van der Waals surface area contributed by atoms with Gasteiger partial charge in [-0.15, -0.1) is 0 Å². The number of piperidine rings is 1. The van der Waals surface area contributed by atoms with Crippen LogP contribution in [0.5, 0.6) is 0 Å². The lowest BCUT2D eigenvalue weighted by atomic mass is 9.81. The number of methoxy groups -OCH3 is 3. The highest BCUT2D eigenvalue weighted by molar-refractivity contribution is 6.39. The first-order valence-electron chi connectivity index (χ1n) is 24.1. The highest BCUT2D eigenvalue weighted by atomic mass is 19.1. The Morgan fingerprint density at radius 1 is 0.955 bits per heavy atom. The van der Waals surface area contributed by atoms with Gasteiger partial charge in [-0.1, -0.05) is 51.5 Å². The van der Waals surface area contributed by atoms with Crippen molar-refractivity contribution in [1.82, 2.24) is 4.90 Å². The molecule has 0 radical (unpaired) electrons. The van der Waals surface area contributed by atoms with Gasteiger partial charge in [0.05, 0.1) is 30.5 Å². The number of aliphatic hydroxyl groups is 2. The van der Waals surface area contributed by atoms with Crippen molar-refractivity contribution in [2.45, 2.75) is 167 Å². The van der Waals surface area contributed by atoms with Crippen LogP contribution in [-0.2, 0) is 52.4 Å². The van der Waals surface area contributed by atoms with Crippen molar-refractivity contribution in [1.29, 1.82) is 0 Å². The number of ketones is 2. The number of benzene rings is 1. The summed E-state index contributed by atoms with van der Waals surface area (Å²) < 4.78 is 49.8. The Morgan fingerprint density at radius 2 is 1.66 bits per heavy atom. The average molecular weight is 943 g/mol. The second-order valence-corrected chi connectivity index (χ2v) is 19.5. The number of hydrogen-bond donors (Lipinski definition) is 3. The number of halogens is 1. The molecule has 3 fully saturated rings. The van der Waals surface area contributed by atoms with Crippen LogP contribution in [0, 0.1) is 35.4 Å². The predicted octanol–water partition coefficient (Wildman–Crippen LogP) is 6.28. The van der Waals surface area contributed by atoms with Crippen molar-refractivity contribution < 1.29 is 67.0 Å². The van der Waals surface area contributed by atoms with Gasteiger partial charge in [0.25, 0.3) is 11.7 Å². The normalized spacial score (nSPS) is 36.5. The summed E-state index contributed by atoms with van der Waals surface area (Å²) in [7, 11) is 4.61. The molecule has 1 aromatic carbocycles. The SMILES string of the molecule is CC[C@@H]1/C=C(\C)C[C@H](C)C[C@H](OC)[C@H]2O[C@@](O)(C(=O)C(=O)N3CCCC[C@H]3C(=O)O[C@H](/C(C)=C/[C@@H]3CC[C@@H](OCC(=O)Nc4cccc(F)c4)[C@H](OC)C3)[C@H](C)[C@@H](O)CC1=O)[C@H](C)C[C@@H]2OC. The van der Waals surface area contributed by atoms with Gasteiger partial charge in [0, 0.05) is 57.7 Å². The van der Waals surface area contributed by atoms with Crippen LogP contribution in [0.1, 0.15) is 112 Å². The molecule has 2 saturated heterocycles. The van der Waals surface area contributed by atoms with Crippen LogP contribution >= 0.6 is 0 Å². The number of cyclic esters (lactones) is 1. The topological polar surface area (TPSA) is 196 Å². The molecule has 374 valence electrons. The lowest BCUT2D eigenvalue weighted by Crippen LogP contribution is -2.64. The van der Waals surface area contributed by atoms with Gasteiger partial charge in [-0.05, 0) is 114 Å². The summed E-state index contributed by atoms with van der Waals surface area (Å²) in [5, 5.41) is 26.6. The molecular formula is C51H75FN2O13. The van der Waals surface area contributed by atoms with Crippen molar-refractivity contribution in [2.24, 2.45) is 29.6 Å². The average Bonchev–Trinajstić information content (AvgIpc) is 3.30. The van der Waals surface area contributed by atoms with Crippen LogP contribution in [0.25, 0.3) is 0 Å². The van der Waals surface area contributed by atoms with E-state index in [0.717, 1.165) is 5.57 Å². The number of nitrogens with zero attached hydrogens (tertiary/aromatic N) is 1. The zero-order valence-corrected chi connectivity index (χ0v) is 40.9. The Morgan fingerprint density at radius 3 is 2.33 bits per heavy atom. The van der Waals surface area contributed by atoms with Crippen LogP contribution in [0.4, 0.5) is 10.1 Å². The molecule has 14 atom stereocenters. The van der Waals surface area contributed by atoms with Gasteiger partial charge in [0.2, 0.25) is 11.7 Å². The minimum Gasteiger partial charge on any atom is -0.456 e. The number of Topliss-reactive ketones (excluding diaryl/α,β-unsaturated/α-hetero) is 2. The summed E-state index contributed by atoms with van der Waals surface area (Å²) in [5.74, 6) is -8.82. The third-order valence-electron chi connectivity index (χ3n) is 14.4. The number of hydrogen-bond acceptors (Lipinski definition) is 13. The summed E-state index contributed by atoms with van der Waals surface area (Å²) in [4.78, 5) is 71.0. The first-order valence-corrected chi connectivity index (χ1v) is 24.1. The van der Waals surface area contributed by atoms with Crippen LogP contribution in [-0.4, -0.2) is 134 Å². The maximum atomic E-state index is 14.5. The molecule has 0 unspecified atom stereocenters. The monoisotopic (exact) mass is 943 g/mol. The summed E-state index contributed by atoms with van der Waals surface area (Å²) in [5.41, 5.74) is 1.90. The number of ether oxygens (including phenoxy) is 6. The Kier molecular flexibility index (Phi) is 19.8. The Labute approximate surface area is 395 Å². The van der Waals surface area contributed by atoms with Crippen molar-refractivity contribution in [2.75, 3.05) is 39.8 Å². The van der Waals surface area contributed by atoms with Crippen LogP contribution < -0.4 is 5.32 Å². The van der Waals surface area contributed by atoms with Crippen molar-refractivity contribution in [3.63, 3.8) is 0 Å². The fourth-order valence-electron chi connectivity index (χ4n) is 10.5. The fourth-order valence-corrected chi connectivity index (χ4v) is 10.5. The minimum absolute atomic E-state index is 0.00792. The zero-order chi connectivity index (χ0) is 49.2. The number of amides is 2. The Bertz CT molecular complexity index is 1940. The molecule has 3 aliphatic heterocycles. The van der Waals surface area contributed by atoms with E-state index in [1.165, 1.54) is 37.3 Å². The Hall–Kier alpha value is -3.90. The van der Waals surface area contributed by atoms with Gasteiger partial charge in [-0.25, -0.2) is 9.18 Å². The largest absolute Gasteiger partial charge is 0.456 e. The molecule has 2 amide bonds. The summed E-state index contributed by atoms with van der Waals surface area (Å²) in [6.45, 7) is 10.9. The van der Waals surface area contributed by atoms with Gasteiger partial charge in [-0.3, -0.25) is 19.2 Å². The lowest BCUT2D eigenvalue weighted by molar-refractivity contribution is -0.302. The number of esters is 1. The number of fused-ring (bicyclic) bond motifs is 3. The third-order valence-corrected chi connectivity index (χ3v) is 14.4. The van der Waals surface area contributed by atoms with Crippen molar-refractivity contribution in [3.8, 4) is 0 Å². The summed E-state index contributed by atoms with van der Waals surface area (Å²) >= 11 is 0. The number of carbonyl (C=O) groups is 5. The first-order chi connectivity index (χ1) is 31.8. The molecule has 4 aliphatic rings. The molecule has 1 aliphatic carbocycles. The smallest absolute Gasteiger partial charge is 0.329 e. The van der Waals surface area contributed by atoms with E-state index in [2.05, 4.69) is 5.32 Å². The summed E-state index contributed by atoms with van der Waals surface area (Å²) in [6, 6.07) is 4.40. The van der Waals surface area contributed by atoms with E-state index < -0.39 is 102 Å². The number of aliphatic hydroxyl groups excluding tert-OH is 1. The van der Waals surface area contributed by atoms with E-state index in [-0.39, 0.29) is 50.0 Å². The maximum Gasteiger partial charge on any atom is 0.329 e. The van der Waals surface area contributed by atoms with E-state index >= 15 is 0 Å². The molecule has 1 aromatic rings. The molecule has 15 nitrogen and oxygen atoms in total. The van der Waals surface area contributed by atoms with Gasteiger partial charge in [0.1, 0.15) is 36.5 Å². The van der Waals surface area contributed by atoms with Gasteiger partial charge in [0.15, 0.2) is 0 Å². The molecular weight excluding hydrogens is 868 g/mol. The quantitative estimate of drug-likeness (QED) is 0.135. The van der Waals surface area contributed by atoms with Gasteiger partial charge < -0.3 is 48.9 Å². The lowest BCUT2D eigenvalue weighted by Gasteiger charge is -2.47. The maximum absolute atomic E-state index is 14.5. The predicted molar refractivity (Wildman–Crippen MR) is 247 cm³/mol. The number of allylic oxidation sites excluding steroid dienone is 3. The van der Waals surface area contributed by atoms with E-state index in [9.17, 15) is 38.6 Å². The van der Waals surface area contributed by atoms with Gasteiger partial charge >= 0.3 is 5.97 Å². The molecule has 2 bridgehead atoms. The second-order valence-electron chi connectivity index (χ2n) is 19.5. The number of nitrogens with one attached hydrogen (secondary N) is 1. The van der Waals surface area contributed by atoms with E-state index in [1.54, 1.807) is 33.9 Å². The second kappa shape index (κ2) is 24.6. The molecule has 3 N–H and O–H groups in total. The number of rotatable bonds is 10. The zero-order valence-electron chi connectivity index (χ0n) is 40.9. The van der Waals surface area contributed by atoms with Crippen LogP contribution in [0.15, 0.2) is 47.6 Å². The molecule has 5 rings (SSSR count). The fraction of sp³-hybridized carbons (Fsp3) is 0.706. The highest BCUT2D eigenvalue weighted by Gasteiger charge is 2.56. The number of carbonyl (C=O) groups excluding carboxylic acids is 5. The van der Waals surface area contributed by atoms with E-state index in [0.29, 0.717) is 62.6 Å². The van der Waals surface area contributed by atoms with Crippen molar-refractivity contribution >= 4 is 35.0 Å². The summed E-state index contributed by atoms with van der Waals surface area (Å²) in [6.07, 6.45) is 3.23. The minimum atomic E-state index is -2.54. The molecule has 3 heterocycles. The van der Waals surface area contributed by atoms with Crippen LogP contribution in [0.3, 0.4) is 0 Å². The standard InChI is InChI=1S/C51H75FN2O13/c1-10-35-21-29(2)20-30(3)22-43(63-8)47-44(64-9)24-32(5)51(61,67-47)48(58)49(59)54-19-12-11-16-38(54)50(60)66-46(33(6)39(55)27-40(35)56)31(4)23-34-17-18-41(42(25-34)62-7)65-28-45(57)53-37-15-13-14-36(52)26-37/h13-15,21,23,26,30,32-35,38-39,41-44,46-47,55,61H,10-12,16-20,22,24-25,27-28H2,1-9H3,(H,53,57)/b29-21+,31-23+/t30-,32+,33+,34-,35+,38-,39-,41+,42+,43-,44-,46+,47+,51+/m0/s1. The van der Waals surface area contributed by atoms with E-state index in [4.69, 9.17) is 28.4 Å².